The zero-order valence-corrected chi connectivity index (χ0v) is 11.2. The molecule has 0 saturated carbocycles. The average molecular weight is 262 g/mol. The smallest absolute Gasteiger partial charge is 0.322 e. The van der Waals surface area contributed by atoms with Gasteiger partial charge in [-0.05, 0) is 12.5 Å². The molecule has 1 aromatic rings. The minimum absolute atomic E-state index is 0.383. The van der Waals surface area contributed by atoms with Gasteiger partial charge in [0.1, 0.15) is 11.7 Å². The summed E-state index contributed by atoms with van der Waals surface area (Å²) in [5, 5.41) is 4.39. The van der Waals surface area contributed by atoms with E-state index in [-0.39, 0.29) is 5.97 Å². The third kappa shape index (κ3) is 4.30. The first-order chi connectivity index (χ1) is 9.12. The maximum absolute atomic E-state index is 11.1. The fourth-order valence-electron chi connectivity index (χ4n) is 1.68. The highest BCUT2D eigenvalue weighted by molar-refractivity contribution is 5.75. The molecule has 5 nitrogen and oxygen atoms in total. The highest BCUT2D eigenvalue weighted by Crippen LogP contribution is 2.05. The van der Waals surface area contributed by atoms with Crippen molar-refractivity contribution in [1.29, 1.82) is 0 Å². The zero-order valence-electron chi connectivity index (χ0n) is 11.2. The van der Waals surface area contributed by atoms with Gasteiger partial charge in [-0.25, -0.2) is 0 Å². The number of ether oxygens (including phenoxy) is 1. The van der Waals surface area contributed by atoms with E-state index >= 15 is 0 Å². The van der Waals surface area contributed by atoms with Gasteiger partial charge in [0.2, 0.25) is 0 Å². The quantitative estimate of drug-likeness (QED) is 0.586. The van der Waals surface area contributed by atoms with Crippen molar-refractivity contribution in [1.82, 2.24) is 5.10 Å². The molecule has 102 valence electrons. The van der Waals surface area contributed by atoms with E-state index in [1.807, 2.05) is 12.3 Å². The molecule has 1 rings (SSSR count). The number of hydrogen-bond donors (Lipinski definition) is 1. The predicted octanol–water partition coefficient (Wildman–Crippen LogP) is 0.936. The molecule has 0 radical (unpaired) electrons. The van der Waals surface area contributed by atoms with Gasteiger partial charge in [0, 0.05) is 23.1 Å². The summed E-state index contributed by atoms with van der Waals surface area (Å²) < 4.78 is 6.37. The van der Waals surface area contributed by atoms with Crippen molar-refractivity contribution in [3.63, 3.8) is 0 Å². The van der Waals surface area contributed by atoms with Crippen LogP contribution in [-0.4, -0.2) is 24.2 Å². The third-order valence-electron chi connectivity index (χ3n) is 2.78. The number of hydrogen-bond acceptors (Lipinski definition) is 4. The van der Waals surface area contributed by atoms with Crippen molar-refractivity contribution in [3.05, 3.63) is 36.7 Å². The molecule has 0 aliphatic carbocycles. The molecule has 0 aromatic carbocycles. The largest absolute Gasteiger partial charge is 0.468 e. The Morgan fingerprint density at radius 2 is 2.32 bits per heavy atom. The molecule has 0 fully saturated rings. The average Bonchev–Trinajstić information content (AvgIpc) is 2.45. The van der Waals surface area contributed by atoms with E-state index in [9.17, 15) is 4.79 Å². The van der Waals surface area contributed by atoms with Gasteiger partial charge in [-0.3, -0.25) is 4.79 Å². The number of methoxy groups -OCH3 is 1. The summed E-state index contributed by atoms with van der Waals surface area (Å²) in [7, 11) is 1.34. The van der Waals surface area contributed by atoms with Gasteiger partial charge in [0.05, 0.1) is 7.11 Å². The summed E-state index contributed by atoms with van der Waals surface area (Å²) in [5.41, 5.74) is 7.39. The second-order valence-electron chi connectivity index (χ2n) is 4.10. The molecular formula is C14H20N3O2+. The van der Waals surface area contributed by atoms with Crippen LogP contribution in [0.2, 0.25) is 0 Å². The van der Waals surface area contributed by atoms with Crippen molar-refractivity contribution in [2.45, 2.75) is 25.4 Å². The molecule has 2 N–H and O–H groups in total. The van der Waals surface area contributed by atoms with E-state index in [0.717, 1.165) is 17.7 Å². The number of rotatable bonds is 7. The van der Waals surface area contributed by atoms with Gasteiger partial charge >= 0.3 is 5.97 Å². The standard InChI is InChI=1S/C14H20N3O2/c1-4-11-8-10-17(16-13(11)5-2)9-6-7-12(15)14(18)19-3/h4-5,8,10,12H,1-2,6-7,9,15H2,3H3/q+1. The molecular weight excluding hydrogens is 242 g/mol. The molecule has 0 bridgehead atoms. The molecule has 1 heterocycles. The molecule has 1 atom stereocenters. The molecule has 0 aliphatic heterocycles. The Morgan fingerprint density at radius 1 is 1.58 bits per heavy atom. The Morgan fingerprint density at radius 3 is 2.89 bits per heavy atom. The number of aromatic nitrogens is 2. The molecule has 0 aliphatic rings. The van der Waals surface area contributed by atoms with Crippen LogP contribution in [0.1, 0.15) is 24.1 Å². The number of carbonyl (C=O) groups is 1. The van der Waals surface area contributed by atoms with Crippen molar-refractivity contribution in [3.8, 4) is 0 Å². The summed E-state index contributed by atoms with van der Waals surface area (Å²) in [5.74, 6) is -0.383. The molecule has 19 heavy (non-hydrogen) atoms. The molecule has 1 unspecified atom stereocenters. The van der Waals surface area contributed by atoms with Crippen LogP contribution < -0.4 is 10.4 Å². The van der Waals surface area contributed by atoms with Crippen LogP contribution in [0.25, 0.3) is 12.2 Å². The Labute approximate surface area is 113 Å². The maximum atomic E-state index is 11.1. The Bertz CT molecular complexity index is 472. The van der Waals surface area contributed by atoms with E-state index in [1.165, 1.54) is 7.11 Å². The van der Waals surface area contributed by atoms with E-state index in [1.54, 1.807) is 16.8 Å². The lowest BCUT2D eigenvalue weighted by atomic mass is 10.1. The Balaban J connectivity index is 2.56. The second-order valence-corrected chi connectivity index (χ2v) is 4.10. The lowest BCUT2D eigenvalue weighted by Crippen LogP contribution is -2.40. The predicted molar refractivity (Wildman–Crippen MR) is 73.8 cm³/mol. The van der Waals surface area contributed by atoms with Crippen LogP contribution in [0.3, 0.4) is 0 Å². The van der Waals surface area contributed by atoms with Crippen molar-refractivity contribution in [2.75, 3.05) is 7.11 Å². The molecule has 5 heteroatoms. The minimum atomic E-state index is -0.572. The SMILES string of the molecule is C=Cc1cc[n+](CCCC(N)C(=O)OC)nc1C=C. The fourth-order valence-corrected chi connectivity index (χ4v) is 1.68. The molecule has 0 amide bonds. The number of nitrogens with two attached hydrogens (primary N) is 1. The lowest BCUT2D eigenvalue weighted by molar-refractivity contribution is -0.754. The Kier molecular flexibility index (Phi) is 5.89. The van der Waals surface area contributed by atoms with Crippen molar-refractivity contribution in [2.24, 2.45) is 5.73 Å². The Hall–Kier alpha value is -2.01. The fraction of sp³-hybridized carbons (Fsp3) is 0.357. The first-order valence-electron chi connectivity index (χ1n) is 6.11. The van der Waals surface area contributed by atoms with E-state index in [0.29, 0.717) is 13.0 Å². The summed E-state index contributed by atoms with van der Waals surface area (Å²) in [4.78, 5) is 11.1. The summed E-state index contributed by atoms with van der Waals surface area (Å²) in [6.07, 6.45) is 6.61. The summed E-state index contributed by atoms with van der Waals surface area (Å²) >= 11 is 0. The highest BCUT2D eigenvalue weighted by atomic mass is 16.5. The minimum Gasteiger partial charge on any atom is -0.468 e. The molecule has 1 aromatic heterocycles. The van der Waals surface area contributed by atoms with Gasteiger partial charge < -0.3 is 10.5 Å². The monoisotopic (exact) mass is 262 g/mol. The van der Waals surface area contributed by atoms with Crippen LogP contribution in [-0.2, 0) is 16.1 Å². The van der Waals surface area contributed by atoms with Gasteiger partial charge in [-0.15, -0.1) is 0 Å². The normalized spacial score (nSPS) is 11.7. The topological polar surface area (TPSA) is 69.1 Å². The summed E-state index contributed by atoms with van der Waals surface area (Å²) in [6, 6.07) is 1.36. The third-order valence-corrected chi connectivity index (χ3v) is 2.78. The van der Waals surface area contributed by atoms with Gasteiger partial charge in [0.25, 0.3) is 0 Å². The first-order valence-corrected chi connectivity index (χ1v) is 6.11. The van der Waals surface area contributed by atoms with E-state index < -0.39 is 6.04 Å². The van der Waals surface area contributed by atoms with Gasteiger partial charge in [-0.2, -0.15) is 0 Å². The number of carbonyl (C=O) groups excluding carboxylic acids is 1. The maximum Gasteiger partial charge on any atom is 0.322 e. The molecule has 0 spiro atoms. The van der Waals surface area contributed by atoms with Crippen LogP contribution in [0.4, 0.5) is 0 Å². The first kappa shape index (κ1) is 15.0. The van der Waals surface area contributed by atoms with Gasteiger partial charge in [0.15, 0.2) is 12.7 Å². The summed E-state index contributed by atoms with van der Waals surface area (Å²) in [6.45, 7) is 8.12. The zero-order chi connectivity index (χ0) is 14.3. The molecule has 0 saturated heterocycles. The van der Waals surface area contributed by atoms with Crippen molar-refractivity contribution < 1.29 is 14.2 Å². The van der Waals surface area contributed by atoms with Crippen LogP contribution >= 0.6 is 0 Å². The highest BCUT2D eigenvalue weighted by Gasteiger charge is 2.14. The van der Waals surface area contributed by atoms with Crippen LogP contribution in [0.5, 0.6) is 0 Å². The number of nitrogens with zero attached hydrogens (tertiary/aromatic N) is 2. The van der Waals surface area contributed by atoms with Gasteiger partial charge in [-0.1, -0.05) is 23.9 Å². The van der Waals surface area contributed by atoms with Crippen molar-refractivity contribution >= 4 is 18.1 Å². The lowest BCUT2D eigenvalue weighted by Gasteiger charge is -2.06. The number of esters is 1. The van der Waals surface area contributed by atoms with Crippen LogP contribution in [0, 0.1) is 0 Å². The van der Waals surface area contributed by atoms with E-state index in [2.05, 4.69) is 23.0 Å². The van der Waals surface area contributed by atoms with Crippen LogP contribution in [0.15, 0.2) is 25.4 Å². The van der Waals surface area contributed by atoms with E-state index in [4.69, 9.17) is 5.73 Å². The second kappa shape index (κ2) is 7.43. The number of aryl methyl sites for hydroxylation is 1.